The summed E-state index contributed by atoms with van der Waals surface area (Å²) in [7, 11) is -2.23. The number of hydrogen-bond donors (Lipinski definition) is 3. The van der Waals surface area contributed by atoms with E-state index in [0.29, 0.717) is 16.4 Å². The van der Waals surface area contributed by atoms with Crippen LogP contribution < -0.4 is 15.5 Å². The number of aliphatic hydroxyl groups is 1. The molecule has 0 aliphatic rings. The number of anilines is 1. The summed E-state index contributed by atoms with van der Waals surface area (Å²) in [5, 5.41) is 13.4. The van der Waals surface area contributed by atoms with Crippen molar-refractivity contribution in [2.75, 3.05) is 18.0 Å². The standard InChI is InChI=1S/C23H28BFN2O6S/c1-22(2,29)23(3,4)33-24-16-11-15-18(12-17(16)27-34(6,30)31)32-20(19(15)21(28)26-5)13-7-9-14(25)10-8-13/h7-12,24,27,29H,1-6H3,(H,26,28). The molecule has 34 heavy (non-hydrogen) atoms. The fraction of sp³-hybridized carbons (Fsp3) is 0.348. The molecule has 3 rings (SSSR count). The van der Waals surface area contributed by atoms with Crippen molar-refractivity contribution in [3.05, 3.63) is 47.8 Å². The first kappa shape index (κ1) is 25.7. The fourth-order valence-corrected chi connectivity index (χ4v) is 3.78. The van der Waals surface area contributed by atoms with Gasteiger partial charge in [-0.25, -0.2) is 12.8 Å². The molecule has 182 valence electrons. The van der Waals surface area contributed by atoms with Crippen LogP contribution in [0.15, 0.2) is 40.8 Å². The first-order valence-electron chi connectivity index (χ1n) is 10.5. The number of sulfonamides is 1. The molecule has 0 aliphatic heterocycles. The average Bonchev–Trinajstić information content (AvgIpc) is 3.08. The molecule has 0 unspecified atom stereocenters. The quantitative estimate of drug-likeness (QED) is 0.418. The van der Waals surface area contributed by atoms with Gasteiger partial charge in [-0.15, -0.1) is 0 Å². The highest BCUT2D eigenvalue weighted by Gasteiger charge is 2.36. The summed E-state index contributed by atoms with van der Waals surface area (Å²) >= 11 is 0. The SMILES string of the molecule is CNC(=O)c1c(-c2ccc(F)cc2)oc2cc(NS(C)(=O)=O)c(BOC(C)(C)C(C)(C)O)cc12. The summed E-state index contributed by atoms with van der Waals surface area (Å²) in [6.45, 7) is 6.66. The third-order valence-corrected chi connectivity index (χ3v) is 6.42. The van der Waals surface area contributed by atoms with Crippen LogP contribution in [-0.4, -0.2) is 51.4 Å². The van der Waals surface area contributed by atoms with Gasteiger partial charge in [0, 0.05) is 29.8 Å². The Labute approximate surface area is 198 Å². The van der Waals surface area contributed by atoms with E-state index in [0.717, 1.165) is 6.26 Å². The van der Waals surface area contributed by atoms with Crippen LogP contribution in [0, 0.1) is 5.82 Å². The average molecular weight is 490 g/mol. The van der Waals surface area contributed by atoms with E-state index < -0.39 is 32.9 Å². The van der Waals surface area contributed by atoms with Crippen LogP contribution in [0.25, 0.3) is 22.3 Å². The van der Waals surface area contributed by atoms with E-state index in [9.17, 15) is 22.7 Å². The Morgan fingerprint density at radius 2 is 1.76 bits per heavy atom. The lowest BCUT2D eigenvalue weighted by atomic mass is 9.81. The van der Waals surface area contributed by atoms with Gasteiger partial charge in [0.15, 0.2) is 0 Å². The Morgan fingerprint density at radius 1 is 1.15 bits per heavy atom. The number of furan rings is 1. The molecule has 0 spiro atoms. The highest BCUT2D eigenvalue weighted by Crippen LogP contribution is 2.35. The molecule has 0 saturated heterocycles. The van der Waals surface area contributed by atoms with Crippen LogP contribution >= 0.6 is 0 Å². The molecular weight excluding hydrogens is 462 g/mol. The van der Waals surface area contributed by atoms with Crippen LogP contribution in [0.1, 0.15) is 38.1 Å². The minimum Gasteiger partial charge on any atom is -0.455 e. The highest BCUT2D eigenvalue weighted by molar-refractivity contribution is 7.92. The van der Waals surface area contributed by atoms with Gasteiger partial charge in [-0.05, 0) is 57.4 Å². The molecule has 3 N–H and O–H groups in total. The molecule has 11 heteroatoms. The molecule has 1 heterocycles. The predicted octanol–water partition coefficient (Wildman–Crippen LogP) is 2.51. The molecule has 1 amide bonds. The molecule has 0 aliphatic carbocycles. The zero-order valence-electron chi connectivity index (χ0n) is 19.9. The van der Waals surface area contributed by atoms with Gasteiger partial charge in [0.1, 0.15) is 17.2 Å². The van der Waals surface area contributed by atoms with E-state index in [1.165, 1.54) is 37.4 Å². The molecule has 0 saturated carbocycles. The summed E-state index contributed by atoms with van der Waals surface area (Å²) in [5.41, 5.74) is -0.539. The van der Waals surface area contributed by atoms with Gasteiger partial charge in [-0.2, -0.15) is 0 Å². The number of carbonyl (C=O) groups excluding carboxylic acids is 1. The number of carbonyl (C=O) groups is 1. The van der Waals surface area contributed by atoms with E-state index in [4.69, 9.17) is 9.07 Å². The highest BCUT2D eigenvalue weighted by atomic mass is 32.2. The molecule has 8 nitrogen and oxygen atoms in total. The summed E-state index contributed by atoms with van der Waals surface area (Å²) in [6, 6.07) is 8.58. The Hall–Kier alpha value is -2.89. The van der Waals surface area contributed by atoms with Crippen LogP contribution in [0.3, 0.4) is 0 Å². The Bertz CT molecular complexity index is 1330. The molecule has 0 bridgehead atoms. The summed E-state index contributed by atoms with van der Waals surface area (Å²) in [4.78, 5) is 12.8. The fourth-order valence-electron chi connectivity index (χ4n) is 3.19. The van der Waals surface area contributed by atoms with Crippen molar-refractivity contribution in [2.45, 2.75) is 38.9 Å². The number of halogens is 1. The number of hydrogen-bond acceptors (Lipinski definition) is 6. The molecule has 3 aromatic rings. The van der Waals surface area contributed by atoms with E-state index in [-0.39, 0.29) is 30.1 Å². The van der Waals surface area contributed by atoms with Crippen LogP contribution in [0.2, 0.25) is 0 Å². The van der Waals surface area contributed by atoms with Gasteiger partial charge >= 0.3 is 7.48 Å². The number of fused-ring (bicyclic) bond motifs is 1. The van der Waals surface area contributed by atoms with Gasteiger partial charge in [0.25, 0.3) is 5.91 Å². The Morgan fingerprint density at radius 3 is 2.29 bits per heavy atom. The molecule has 0 fully saturated rings. The largest absolute Gasteiger partial charge is 0.455 e. The summed E-state index contributed by atoms with van der Waals surface area (Å²) in [6.07, 6.45) is 1.02. The summed E-state index contributed by atoms with van der Waals surface area (Å²) in [5.74, 6) is -0.644. The lowest BCUT2D eigenvalue weighted by Gasteiger charge is -2.37. The van der Waals surface area contributed by atoms with Gasteiger partial charge in [0.2, 0.25) is 10.0 Å². The Kier molecular flexibility index (Phi) is 6.85. The lowest BCUT2D eigenvalue weighted by molar-refractivity contribution is -0.0893. The minimum absolute atomic E-state index is 0.0605. The van der Waals surface area contributed by atoms with Crippen molar-refractivity contribution in [3.63, 3.8) is 0 Å². The van der Waals surface area contributed by atoms with Crippen molar-refractivity contribution >= 4 is 45.5 Å². The van der Waals surface area contributed by atoms with E-state index >= 15 is 0 Å². The molecule has 0 atom stereocenters. The van der Waals surface area contributed by atoms with E-state index in [1.807, 2.05) is 0 Å². The normalized spacial score (nSPS) is 12.6. The topological polar surface area (TPSA) is 118 Å². The zero-order chi connectivity index (χ0) is 25.5. The maximum atomic E-state index is 13.5. The first-order chi connectivity index (χ1) is 15.6. The molecule has 1 aromatic heterocycles. The zero-order valence-corrected chi connectivity index (χ0v) is 20.8. The van der Waals surface area contributed by atoms with Crippen molar-refractivity contribution in [1.82, 2.24) is 5.32 Å². The predicted molar refractivity (Wildman–Crippen MR) is 132 cm³/mol. The molecule has 0 radical (unpaired) electrons. The van der Waals surface area contributed by atoms with Gasteiger partial charge < -0.3 is 19.5 Å². The number of benzene rings is 2. The first-order valence-corrected chi connectivity index (χ1v) is 12.4. The minimum atomic E-state index is -3.65. The second-order valence-electron chi connectivity index (χ2n) is 9.13. The van der Waals surface area contributed by atoms with Crippen LogP contribution in [0.5, 0.6) is 0 Å². The summed E-state index contributed by atoms with van der Waals surface area (Å²) < 4.78 is 51.8. The molecule has 2 aromatic carbocycles. The lowest BCUT2D eigenvalue weighted by Crippen LogP contribution is -2.49. The van der Waals surface area contributed by atoms with E-state index in [2.05, 4.69) is 10.0 Å². The number of rotatable bonds is 8. The maximum Gasteiger partial charge on any atom is 0.311 e. The van der Waals surface area contributed by atoms with Gasteiger partial charge in [0.05, 0.1) is 23.0 Å². The van der Waals surface area contributed by atoms with Gasteiger partial charge in [-0.1, -0.05) is 6.07 Å². The third-order valence-electron chi connectivity index (χ3n) is 5.83. The second kappa shape index (κ2) is 9.05. The molecular formula is C23H28BFN2O6S. The number of nitrogens with one attached hydrogen (secondary N) is 2. The van der Waals surface area contributed by atoms with Crippen molar-refractivity contribution in [2.24, 2.45) is 0 Å². The maximum absolute atomic E-state index is 13.5. The smallest absolute Gasteiger partial charge is 0.311 e. The van der Waals surface area contributed by atoms with Crippen molar-refractivity contribution in [3.8, 4) is 11.3 Å². The Balaban J connectivity index is 2.22. The second-order valence-corrected chi connectivity index (χ2v) is 10.9. The van der Waals surface area contributed by atoms with Gasteiger partial charge in [-0.3, -0.25) is 9.52 Å². The monoisotopic (exact) mass is 490 g/mol. The van der Waals surface area contributed by atoms with Crippen molar-refractivity contribution < 1.29 is 31.8 Å². The van der Waals surface area contributed by atoms with Crippen LogP contribution in [0.4, 0.5) is 10.1 Å². The number of amides is 1. The van der Waals surface area contributed by atoms with E-state index in [1.54, 1.807) is 33.8 Å². The third kappa shape index (κ3) is 5.43. The van der Waals surface area contributed by atoms with Crippen LogP contribution in [-0.2, 0) is 14.7 Å². The van der Waals surface area contributed by atoms with Crippen molar-refractivity contribution in [1.29, 1.82) is 0 Å².